The van der Waals surface area contributed by atoms with Gasteiger partial charge in [0.25, 0.3) is 0 Å². The second-order valence-corrected chi connectivity index (χ2v) is 6.73. The number of hydrogen-bond acceptors (Lipinski definition) is 3. The fraction of sp³-hybridized carbons (Fsp3) is 0.200. The van der Waals surface area contributed by atoms with E-state index in [0.717, 1.165) is 5.56 Å². The van der Waals surface area contributed by atoms with E-state index in [0.29, 0.717) is 17.0 Å². The summed E-state index contributed by atoms with van der Waals surface area (Å²) in [7, 11) is -3.24. The predicted molar refractivity (Wildman–Crippen MR) is 77.8 cm³/mol. The topological polar surface area (TPSA) is 60.2 Å². The average Bonchev–Trinajstić information content (AvgIpc) is 2.39. The van der Waals surface area contributed by atoms with Crippen LogP contribution in [0.5, 0.6) is 0 Å². The van der Waals surface area contributed by atoms with E-state index in [9.17, 15) is 8.42 Å². The van der Waals surface area contributed by atoms with Gasteiger partial charge in [0, 0.05) is 5.69 Å². The van der Waals surface area contributed by atoms with Gasteiger partial charge < -0.3 is 5.73 Å². The summed E-state index contributed by atoms with van der Waals surface area (Å²) in [5, 5.41) is 0. The fourth-order valence-corrected chi connectivity index (χ4v) is 3.09. The lowest BCUT2D eigenvalue weighted by atomic mass is 10.1. The molecule has 0 heterocycles. The molecule has 0 amide bonds. The molecule has 0 aliphatic heterocycles. The van der Waals surface area contributed by atoms with Crippen LogP contribution in [0.1, 0.15) is 11.1 Å². The molecule has 0 aromatic heterocycles. The van der Waals surface area contributed by atoms with Crippen molar-refractivity contribution in [1.29, 1.82) is 0 Å². The summed E-state index contributed by atoms with van der Waals surface area (Å²) in [4.78, 5) is 0.328. The molecule has 0 bridgehead atoms. The zero-order chi connectivity index (χ0) is 13.9. The summed E-state index contributed by atoms with van der Waals surface area (Å²) < 4.78 is 24.3. The Bertz CT molecular complexity index is 644. The van der Waals surface area contributed by atoms with Crippen molar-refractivity contribution < 1.29 is 8.42 Å². The highest BCUT2D eigenvalue weighted by Crippen LogP contribution is 2.15. The van der Waals surface area contributed by atoms with Gasteiger partial charge in [0.2, 0.25) is 0 Å². The number of sulfone groups is 1. The second kappa shape index (κ2) is 5.45. The number of rotatable bonds is 4. The van der Waals surface area contributed by atoms with E-state index in [4.69, 9.17) is 5.73 Å². The maximum atomic E-state index is 12.1. The van der Waals surface area contributed by atoms with Crippen LogP contribution in [0.3, 0.4) is 0 Å². The monoisotopic (exact) mass is 275 g/mol. The first-order valence-electron chi connectivity index (χ1n) is 6.11. The van der Waals surface area contributed by atoms with E-state index in [1.807, 2.05) is 31.2 Å². The Balaban J connectivity index is 2.09. The van der Waals surface area contributed by atoms with Crippen LogP contribution in [-0.2, 0) is 16.3 Å². The van der Waals surface area contributed by atoms with Crippen molar-refractivity contribution in [3.8, 4) is 0 Å². The first-order chi connectivity index (χ1) is 8.97. The molecule has 0 atom stereocenters. The third-order valence-corrected chi connectivity index (χ3v) is 4.75. The zero-order valence-corrected chi connectivity index (χ0v) is 11.7. The zero-order valence-electron chi connectivity index (χ0n) is 10.8. The van der Waals surface area contributed by atoms with Gasteiger partial charge in [-0.25, -0.2) is 8.42 Å². The van der Waals surface area contributed by atoms with Crippen molar-refractivity contribution in [2.45, 2.75) is 18.2 Å². The van der Waals surface area contributed by atoms with E-state index in [2.05, 4.69) is 0 Å². The molecule has 2 aromatic carbocycles. The molecule has 100 valence electrons. The SMILES string of the molecule is Cc1ccc(CCS(=O)(=O)c2ccc(N)cc2)cc1. The van der Waals surface area contributed by atoms with Crippen molar-refractivity contribution in [3.63, 3.8) is 0 Å². The van der Waals surface area contributed by atoms with Crippen LogP contribution in [0.15, 0.2) is 53.4 Å². The molecule has 0 aliphatic rings. The van der Waals surface area contributed by atoms with Crippen molar-refractivity contribution >= 4 is 15.5 Å². The Morgan fingerprint density at radius 2 is 1.53 bits per heavy atom. The maximum absolute atomic E-state index is 12.1. The predicted octanol–water partition coefficient (Wildman–Crippen LogP) is 2.59. The number of hydrogen-bond donors (Lipinski definition) is 1. The average molecular weight is 275 g/mol. The molecule has 0 fully saturated rings. The second-order valence-electron chi connectivity index (χ2n) is 4.62. The summed E-state index contributed by atoms with van der Waals surface area (Å²) >= 11 is 0. The van der Waals surface area contributed by atoms with Crippen molar-refractivity contribution in [2.75, 3.05) is 11.5 Å². The van der Waals surface area contributed by atoms with Crippen molar-refractivity contribution in [2.24, 2.45) is 0 Å². The summed E-state index contributed by atoms with van der Waals surface area (Å²) in [6.45, 7) is 2.01. The van der Waals surface area contributed by atoms with Gasteiger partial charge in [0.15, 0.2) is 9.84 Å². The third kappa shape index (κ3) is 3.58. The number of nitrogens with two attached hydrogens (primary N) is 1. The minimum atomic E-state index is -3.24. The van der Waals surface area contributed by atoms with E-state index in [1.165, 1.54) is 5.56 Å². The highest BCUT2D eigenvalue weighted by atomic mass is 32.2. The fourth-order valence-electron chi connectivity index (χ4n) is 1.80. The van der Waals surface area contributed by atoms with Crippen LogP contribution in [0.25, 0.3) is 0 Å². The van der Waals surface area contributed by atoms with Gasteiger partial charge >= 0.3 is 0 Å². The van der Waals surface area contributed by atoms with Crippen LogP contribution in [-0.4, -0.2) is 14.2 Å². The van der Waals surface area contributed by atoms with Crippen molar-refractivity contribution in [1.82, 2.24) is 0 Å². The Kier molecular flexibility index (Phi) is 3.90. The van der Waals surface area contributed by atoms with Crippen LogP contribution < -0.4 is 5.73 Å². The molecule has 0 aliphatic carbocycles. The van der Waals surface area contributed by atoms with Gasteiger partial charge in [-0.05, 0) is 43.2 Å². The lowest BCUT2D eigenvalue weighted by Crippen LogP contribution is -2.09. The first-order valence-corrected chi connectivity index (χ1v) is 7.76. The molecule has 0 spiro atoms. The third-order valence-electron chi connectivity index (χ3n) is 3.02. The lowest BCUT2D eigenvalue weighted by Gasteiger charge is -2.05. The molecule has 0 radical (unpaired) electrons. The molecule has 2 aromatic rings. The highest BCUT2D eigenvalue weighted by Gasteiger charge is 2.13. The lowest BCUT2D eigenvalue weighted by molar-refractivity contribution is 0.595. The van der Waals surface area contributed by atoms with Gasteiger partial charge in [-0.3, -0.25) is 0 Å². The standard InChI is InChI=1S/C15H17NO2S/c1-12-2-4-13(5-3-12)10-11-19(17,18)15-8-6-14(16)7-9-15/h2-9H,10-11,16H2,1H3. The molecule has 0 unspecified atom stereocenters. The Morgan fingerprint density at radius 3 is 2.11 bits per heavy atom. The normalized spacial score (nSPS) is 11.4. The van der Waals surface area contributed by atoms with E-state index in [1.54, 1.807) is 24.3 Å². The number of anilines is 1. The molecule has 2 N–H and O–H groups in total. The summed E-state index contributed by atoms with van der Waals surface area (Å²) in [6, 6.07) is 14.2. The molecular weight excluding hydrogens is 258 g/mol. The van der Waals surface area contributed by atoms with E-state index >= 15 is 0 Å². The molecule has 19 heavy (non-hydrogen) atoms. The first kappa shape index (κ1) is 13.6. The van der Waals surface area contributed by atoms with Crippen LogP contribution >= 0.6 is 0 Å². The summed E-state index contributed by atoms with van der Waals surface area (Å²) in [5.74, 6) is 0.111. The Hall–Kier alpha value is -1.81. The highest BCUT2D eigenvalue weighted by molar-refractivity contribution is 7.91. The quantitative estimate of drug-likeness (QED) is 0.872. The summed E-state index contributed by atoms with van der Waals surface area (Å²) in [5.41, 5.74) is 8.32. The minimum absolute atomic E-state index is 0.111. The van der Waals surface area contributed by atoms with Gasteiger partial charge in [0.05, 0.1) is 10.6 Å². The molecular formula is C15H17NO2S. The molecule has 4 heteroatoms. The van der Waals surface area contributed by atoms with E-state index in [-0.39, 0.29) is 5.75 Å². The number of nitrogen functional groups attached to an aromatic ring is 1. The number of aryl methyl sites for hydroxylation is 2. The largest absolute Gasteiger partial charge is 0.399 e. The molecule has 0 saturated carbocycles. The molecule has 3 nitrogen and oxygen atoms in total. The Morgan fingerprint density at radius 1 is 0.947 bits per heavy atom. The van der Waals surface area contributed by atoms with Crippen molar-refractivity contribution in [3.05, 3.63) is 59.7 Å². The van der Waals surface area contributed by atoms with Crippen LogP contribution in [0, 0.1) is 6.92 Å². The number of benzene rings is 2. The van der Waals surface area contributed by atoms with Gasteiger partial charge in [-0.15, -0.1) is 0 Å². The van der Waals surface area contributed by atoms with E-state index < -0.39 is 9.84 Å². The van der Waals surface area contributed by atoms with Gasteiger partial charge in [-0.2, -0.15) is 0 Å². The molecule has 2 rings (SSSR count). The van der Waals surface area contributed by atoms with Gasteiger partial charge in [-0.1, -0.05) is 29.8 Å². The summed E-state index contributed by atoms with van der Waals surface area (Å²) in [6.07, 6.45) is 0.521. The van der Waals surface area contributed by atoms with Crippen LogP contribution in [0.4, 0.5) is 5.69 Å². The van der Waals surface area contributed by atoms with Gasteiger partial charge in [0.1, 0.15) is 0 Å². The smallest absolute Gasteiger partial charge is 0.178 e. The molecule has 0 saturated heterocycles. The minimum Gasteiger partial charge on any atom is -0.399 e. The Labute approximate surface area is 114 Å². The van der Waals surface area contributed by atoms with Crippen LogP contribution in [0.2, 0.25) is 0 Å². The maximum Gasteiger partial charge on any atom is 0.178 e.